The van der Waals surface area contributed by atoms with Gasteiger partial charge in [0.1, 0.15) is 17.6 Å². The van der Waals surface area contributed by atoms with Crippen LogP contribution in [0.2, 0.25) is 0 Å². The molecule has 0 aliphatic carbocycles. The normalized spacial score (nSPS) is 16.6. The maximum absolute atomic E-state index is 12.9. The zero-order chi connectivity index (χ0) is 22.5. The molecule has 2 heterocycles. The van der Waals surface area contributed by atoms with Crippen molar-refractivity contribution in [3.05, 3.63) is 66.0 Å². The molecule has 0 spiro atoms. The van der Waals surface area contributed by atoms with Crippen LogP contribution in [0.1, 0.15) is 22.2 Å². The summed E-state index contributed by atoms with van der Waals surface area (Å²) in [5, 5.41) is 7.32. The van der Waals surface area contributed by atoms with E-state index in [-0.39, 0.29) is 18.6 Å². The number of piperazine rings is 1. The van der Waals surface area contributed by atoms with Crippen molar-refractivity contribution in [2.45, 2.75) is 6.04 Å². The Morgan fingerprint density at radius 3 is 2.56 bits per heavy atom. The van der Waals surface area contributed by atoms with Crippen LogP contribution in [0.25, 0.3) is 11.4 Å². The van der Waals surface area contributed by atoms with Crippen molar-refractivity contribution in [3.8, 4) is 17.1 Å². The molecule has 1 N–H and O–H groups in total. The molecule has 0 radical (unpaired) electrons. The molecule has 2 aromatic carbocycles. The zero-order valence-corrected chi connectivity index (χ0v) is 18.0. The molecule has 1 fully saturated rings. The van der Waals surface area contributed by atoms with E-state index in [0.29, 0.717) is 36.1 Å². The number of methoxy groups -OCH3 is 1. The second kappa shape index (κ2) is 9.61. The third-order valence-corrected chi connectivity index (χ3v) is 5.39. The van der Waals surface area contributed by atoms with Gasteiger partial charge >= 0.3 is 5.97 Å². The van der Waals surface area contributed by atoms with Crippen LogP contribution in [0.15, 0.2) is 54.6 Å². The summed E-state index contributed by atoms with van der Waals surface area (Å²) < 4.78 is 10.4. The first-order valence-electron chi connectivity index (χ1n) is 10.3. The quantitative estimate of drug-likeness (QED) is 0.592. The van der Waals surface area contributed by atoms with Crippen LogP contribution in [0.4, 0.5) is 0 Å². The summed E-state index contributed by atoms with van der Waals surface area (Å²) in [4.78, 5) is 33.2. The second-order valence-electron chi connectivity index (χ2n) is 7.58. The minimum atomic E-state index is -0.399. The third kappa shape index (κ3) is 4.78. The van der Waals surface area contributed by atoms with Gasteiger partial charge in [-0.05, 0) is 31.3 Å². The maximum atomic E-state index is 12.9. The number of H-pyrrole nitrogens is 1. The van der Waals surface area contributed by atoms with Gasteiger partial charge in [0.05, 0.1) is 12.7 Å². The minimum Gasteiger partial charge on any atom is -0.484 e. The average molecular weight is 435 g/mol. The standard InChI is InChI=1S/C23H25N5O4/c1-27-12-13-28(20(29)15-32-18-6-4-3-5-7-18)19(14-27)22-24-21(25-26-22)16-8-10-17(11-9-16)23(30)31-2/h3-11,19H,12-15H2,1-2H3,(H,24,25,26). The van der Waals surface area contributed by atoms with Gasteiger partial charge in [-0.1, -0.05) is 30.3 Å². The molecule has 1 aliphatic rings. The first kappa shape index (κ1) is 21.5. The van der Waals surface area contributed by atoms with E-state index >= 15 is 0 Å². The van der Waals surface area contributed by atoms with Gasteiger partial charge < -0.3 is 19.3 Å². The molecule has 9 nitrogen and oxygen atoms in total. The van der Waals surface area contributed by atoms with Crippen LogP contribution in [0.3, 0.4) is 0 Å². The lowest BCUT2D eigenvalue weighted by Gasteiger charge is -2.38. The molecule has 1 aromatic heterocycles. The maximum Gasteiger partial charge on any atom is 0.337 e. The topological polar surface area (TPSA) is 101 Å². The Hall–Kier alpha value is -3.72. The average Bonchev–Trinajstić information content (AvgIpc) is 3.33. The van der Waals surface area contributed by atoms with Crippen LogP contribution >= 0.6 is 0 Å². The summed E-state index contributed by atoms with van der Waals surface area (Å²) in [6.07, 6.45) is 0. The molecule has 1 amide bonds. The summed E-state index contributed by atoms with van der Waals surface area (Å²) in [5.74, 6) is 1.26. The number of rotatable bonds is 6. The number of nitrogens with one attached hydrogen (secondary N) is 1. The highest BCUT2D eigenvalue weighted by Crippen LogP contribution is 2.25. The number of hydrogen-bond acceptors (Lipinski definition) is 7. The minimum absolute atomic E-state index is 0.0415. The molecule has 0 saturated carbocycles. The summed E-state index contributed by atoms with van der Waals surface area (Å²) in [7, 11) is 3.36. The molecule has 3 aromatic rings. The lowest BCUT2D eigenvalue weighted by atomic mass is 10.1. The Kier molecular flexibility index (Phi) is 6.46. The van der Waals surface area contributed by atoms with Gasteiger partial charge in [0, 0.05) is 25.2 Å². The fourth-order valence-corrected chi connectivity index (χ4v) is 3.62. The number of para-hydroxylation sites is 1. The molecular weight excluding hydrogens is 410 g/mol. The van der Waals surface area contributed by atoms with E-state index in [0.717, 1.165) is 12.1 Å². The molecule has 1 aliphatic heterocycles. The largest absolute Gasteiger partial charge is 0.484 e. The molecular formula is C23H25N5O4. The van der Waals surface area contributed by atoms with Crippen LogP contribution in [-0.2, 0) is 9.53 Å². The number of hydrogen-bond donors (Lipinski definition) is 1. The smallest absolute Gasteiger partial charge is 0.337 e. The van der Waals surface area contributed by atoms with E-state index in [1.165, 1.54) is 7.11 Å². The summed E-state index contributed by atoms with van der Waals surface area (Å²) in [5.41, 5.74) is 1.21. The Labute approximate surface area is 186 Å². The number of aromatic nitrogens is 3. The number of esters is 1. The lowest BCUT2D eigenvalue weighted by Crippen LogP contribution is -2.50. The molecule has 4 rings (SSSR count). The van der Waals surface area contributed by atoms with Gasteiger partial charge in [0.2, 0.25) is 0 Å². The molecule has 1 unspecified atom stereocenters. The SMILES string of the molecule is COC(=O)c1ccc(-c2n[nH]c(C3CN(C)CCN3C(=O)COc3ccccc3)n2)cc1. The molecule has 0 bridgehead atoms. The zero-order valence-electron chi connectivity index (χ0n) is 18.0. The van der Waals surface area contributed by atoms with Gasteiger partial charge in [-0.3, -0.25) is 9.89 Å². The molecule has 1 atom stereocenters. The van der Waals surface area contributed by atoms with E-state index in [9.17, 15) is 9.59 Å². The number of carbonyl (C=O) groups excluding carboxylic acids is 2. The van der Waals surface area contributed by atoms with Crippen molar-refractivity contribution in [2.75, 3.05) is 40.4 Å². The monoisotopic (exact) mass is 435 g/mol. The number of aromatic amines is 1. The lowest BCUT2D eigenvalue weighted by molar-refractivity contribution is -0.138. The Morgan fingerprint density at radius 2 is 1.84 bits per heavy atom. The van der Waals surface area contributed by atoms with Gasteiger partial charge in [-0.2, -0.15) is 5.10 Å². The first-order chi connectivity index (χ1) is 15.5. The van der Waals surface area contributed by atoms with Crippen molar-refractivity contribution in [2.24, 2.45) is 0 Å². The van der Waals surface area contributed by atoms with Crippen LogP contribution < -0.4 is 4.74 Å². The predicted molar refractivity (Wildman–Crippen MR) is 117 cm³/mol. The van der Waals surface area contributed by atoms with Crippen LogP contribution in [0, 0.1) is 0 Å². The fraction of sp³-hybridized carbons (Fsp3) is 0.304. The van der Waals surface area contributed by atoms with Gasteiger partial charge in [0.15, 0.2) is 12.4 Å². The van der Waals surface area contributed by atoms with Gasteiger partial charge in [-0.25, -0.2) is 9.78 Å². The Morgan fingerprint density at radius 1 is 1.09 bits per heavy atom. The van der Waals surface area contributed by atoms with Crippen molar-refractivity contribution in [3.63, 3.8) is 0 Å². The van der Waals surface area contributed by atoms with E-state index in [4.69, 9.17) is 9.47 Å². The fourth-order valence-electron chi connectivity index (χ4n) is 3.62. The summed E-state index contributed by atoms with van der Waals surface area (Å²) in [6, 6.07) is 15.9. The van der Waals surface area contributed by atoms with E-state index < -0.39 is 5.97 Å². The Balaban J connectivity index is 1.49. The van der Waals surface area contributed by atoms with E-state index in [1.54, 1.807) is 29.2 Å². The number of likely N-dealkylation sites (N-methyl/N-ethyl adjacent to an activating group) is 1. The highest BCUT2D eigenvalue weighted by molar-refractivity contribution is 5.89. The Bertz CT molecular complexity index is 1070. The predicted octanol–water partition coefficient (Wildman–Crippen LogP) is 2.15. The summed E-state index contributed by atoms with van der Waals surface area (Å²) >= 11 is 0. The first-order valence-corrected chi connectivity index (χ1v) is 10.3. The van der Waals surface area contributed by atoms with Gasteiger partial charge in [-0.15, -0.1) is 0 Å². The molecule has 32 heavy (non-hydrogen) atoms. The highest BCUT2D eigenvalue weighted by Gasteiger charge is 2.33. The van der Waals surface area contributed by atoms with E-state index in [1.807, 2.05) is 37.4 Å². The molecule has 1 saturated heterocycles. The van der Waals surface area contributed by atoms with E-state index in [2.05, 4.69) is 20.1 Å². The summed E-state index contributed by atoms with van der Waals surface area (Å²) in [6.45, 7) is 1.93. The van der Waals surface area contributed by atoms with Crippen LogP contribution in [0.5, 0.6) is 5.75 Å². The van der Waals surface area contributed by atoms with Crippen molar-refractivity contribution in [1.29, 1.82) is 0 Å². The molecule has 9 heteroatoms. The second-order valence-corrected chi connectivity index (χ2v) is 7.58. The van der Waals surface area contributed by atoms with Crippen molar-refractivity contribution < 1.29 is 19.1 Å². The highest BCUT2D eigenvalue weighted by atomic mass is 16.5. The van der Waals surface area contributed by atoms with Crippen molar-refractivity contribution >= 4 is 11.9 Å². The van der Waals surface area contributed by atoms with Gasteiger partial charge in [0.25, 0.3) is 5.91 Å². The number of amides is 1. The third-order valence-electron chi connectivity index (χ3n) is 5.39. The number of benzene rings is 2. The van der Waals surface area contributed by atoms with Crippen LogP contribution in [-0.4, -0.2) is 77.3 Å². The number of ether oxygens (including phenoxy) is 2. The van der Waals surface area contributed by atoms with Crippen molar-refractivity contribution in [1.82, 2.24) is 25.0 Å². The molecule has 166 valence electrons. The number of carbonyl (C=O) groups is 2. The number of nitrogens with zero attached hydrogens (tertiary/aromatic N) is 4.